The maximum atomic E-state index is 11.9. The second-order valence-electron chi connectivity index (χ2n) is 3.75. The molecular formula is C13H11N3O2S. The number of nitrogens with one attached hydrogen (secondary N) is 1. The molecule has 1 amide bonds. The van der Waals surface area contributed by atoms with E-state index in [4.69, 9.17) is 10.4 Å². The molecule has 0 unspecified atom stereocenters. The fourth-order valence-electron chi connectivity index (χ4n) is 1.46. The Morgan fingerprint density at radius 1 is 1.47 bits per heavy atom. The smallest absolute Gasteiger partial charge is 0.267 e. The first-order chi connectivity index (χ1) is 9.19. The lowest BCUT2D eigenvalue weighted by molar-refractivity contribution is -0.115. The lowest BCUT2D eigenvalue weighted by Gasteiger charge is -2.02. The summed E-state index contributed by atoms with van der Waals surface area (Å²) >= 11 is 1.46. The average molecular weight is 273 g/mol. The molecular weight excluding hydrogens is 262 g/mol. The normalized spacial score (nSPS) is 14.7. The van der Waals surface area contributed by atoms with Gasteiger partial charge in [0.1, 0.15) is 17.4 Å². The van der Waals surface area contributed by atoms with Gasteiger partial charge in [-0.25, -0.2) is 0 Å². The van der Waals surface area contributed by atoms with Crippen LogP contribution in [0.4, 0.5) is 0 Å². The molecule has 0 aliphatic carbocycles. The Hall–Kier alpha value is -2.26. The van der Waals surface area contributed by atoms with Gasteiger partial charge in [-0.15, -0.1) is 0 Å². The standard InChI is InChI=1S/C13H11N3O2S/c14-8-10(7-9-1-3-11(17)4-2-9)12(18)16-13-15-5-6-19-13/h1-4,7,17H,5-6H2,(H,15,16,18)/b10-7+. The summed E-state index contributed by atoms with van der Waals surface area (Å²) in [6, 6.07) is 8.11. The third kappa shape index (κ3) is 3.60. The number of hydrogen-bond donors (Lipinski definition) is 2. The van der Waals surface area contributed by atoms with Gasteiger partial charge in [-0.1, -0.05) is 23.9 Å². The van der Waals surface area contributed by atoms with E-state index in [1.807, 2.05) is 6.07 Å². The quantitative estimate of drug-likeness (QED) is 0.632. The summed E-state index contributed by atoms with van der Waals surface area (Å²) in [6.45, 7) is 0.684. The van der Waals surface area contributed by atoms with Gasteiger partial charge in [0.2, 0.25) is 0 Å². The van der Waals surface area contributed by atoms with Gasteiger partial charge in [0.25, 0.3) is 5.91 Å². The molecule has 0 spiro atoms. The van der Waals surface area contributed by atoms with Crippen LogP contribution < -0.4 is 5.32 Å². The molecule has 5 nitrogen and oxygen atoms in total. The van der Waals surface area contributed by atoms with Crippen LogP contribution in [0.5, 0.6) is 5.75 Å². The lowest BCUT2D eigenvalue weighted by atomic mass is 10.1. The van der Waals surface area contributed by atoms with Crippen LogP contribution in [0.25, 0.3) is 6.08 Å². The maximum absolute atomic E-state index is 11.9. The number of aliphatic imine (C=N–C) groups is 1. The molecule has 1 aromatic rings. The van der Waals surface area contributed by atoms with Crippen molar-refractivity contribution in [3.8, 4) is 11.8 Å². The summed E-state index contributed by atoms with van der Waals surface area (Å²) in [5.74, 6) is 0.514. The van der Waals surface area contributed by atoms with Crippen molar-refractivity contribution in [3.05, 3.63) is 35.4 Å². The summed E-state index contributed by atoms with van der Waals surface area (Å²) in [6.07, 6.45) is 1.47. The number of phenols is 1. The lowest BCUT2D eigenvalue weighted by Crippen LogP contribution is -2.28. The van der Waals surface area contributed by atoms with E-state index in [-0.39, 0.29) is 11.3 Å². The van der Waals surface area contributed by atoms with E-state index < -0.39 is 5.91 Å². The van der Waals surface area contributed by atoms with E-state index in [2.05, 4.69) is 10.3 Å². The monoisotopic (exact) mass is 273 g/mol. The number of nitriles is 1. The van der Waals surface area contributed by atoms with E-state index in [0.29, 0.717) is 17.3 Å². The zero-order valence-corrected chi connectivity index (χ0v) is 10.8. The molecule has 0 fully saturated rings. The summed E-state index contributed by atoms with van der Waals surface area (Å²) in [5, 5.41) is 21.3. The van der Waals surface area contributed by atoms with Crippen molar-refractivity contribution in [2.75, 3.05) is 12.3 Å². The molecule has 0 saturated heterocycles. The number of rotatable bonds is 2. The van der Waals surface area contributed by atoms with Gasteiger partial charge in [-0.2, -0.15) is 5.26 Å². The van der Waals surface area contributed by atoms with Crippen molar-refractivity contribution in [2.24, 2.45) is 4.99 Å². The van der Waals surface area contributed by atoms with Gasteiger partial charge in [-0.3, -0.25) is 9.79 Å². The Morgan fingerprint density at radius 3 is 2.79 bits per heavy atom. The molecule has 0 bridgehead atoms. The summed E-state index contributed by atoms with van der Waals surface area (Å²) < 4.78 is 0. The third-order valence-electron chi connectivity index (χ3n) is 2.38. The number of aromatic hydroxyl groups is 1. The van der Waals surface area contributed by atoms with Crippen molar-refractivity contribution < 1.29 is 9.90 Å². The van der Waals surface area contributed by atoms with E-state index in [1.165, 1.54) is 30.0 Å². The fraction of sp³-hybridized carbons (Fsp3) is 0.154. The number of benzene rings is 1. The molecule has 0 atom stereocenters. The number of nitrogens with zero attached hydrogens (tertiary/aromatic N) is 2. The second-order valence-corrected chi connectivity index (χ2v) is 4.83. The Balaban J connectivity index is 2.12. The number of carbonyl (C=O) groups excluding carboxylic acids is 1. The molecule has 1 aromatic carbocycles. The SMILES string of the molecule is N#C/C(=C\c1ccc(O)cc1)C(=O)NC1=NCCS1. The molecule has 6 heteroatoms. The van der Waals surface area contributed by atoms with E-state index in [0.717, 1.165) is 5.75 Å². The van der Waals surface area contributed by atoms with E-state index in [9.17, 15) is 4.79 Å². The molecule has 19 heavy (non-hydrogen) atoms. The van der Waals surface area contributed by atoms with Crippen molar-refractivity contribution in [2.45, 2.75) is 0 Å². The number of thioether (sulfide) groups is 1. The third-order valence-corrected chi connectivity index (χ3v) is 3.27. The highest BCUT2D eigenvalue weighted by atomic mass is 32.2. The van der Waals surface area contributed by atoms with Crippen molar-refractivity contribution in [1.82, 2.24) is 5.32 Å². The maximum Gasteiger partial charge on any atom is 0.267 e. The fourth-order valence-corrected chi connectivity index (χ4v) is 2.18. The number of carbonyl (C=O) groups is 1. The van der Waals surface area contributed by atoms with Gasteiger partial charge >= 0.3 is 0 Å². The highest BCUT2D eigenvalue weighted by Crippen LogP contribution is 2.14. The summed E-state index contributed by atoms with van der Waals surface area (Å²) in [4.78, 5) is 15.9. The molecule has 0 aromatic heterocycles. The van der Waals surface area contributed by atoms with Gasteiger partial charge < -0.3 is 10.4 Å². The number of amidine groups is 1. The van der Waals surface area contributed by atoms with Crippen LogP contribution in [-0.4, -0.2) is 28.5 Å². The van der Waals surface area contributed by atoms with Crippen LogP contribution in [0.2, 0.25) is 0 Å². The van der Waals surface area contributed by atoms with Gasteiger partial charge in [0.05, 0.1) is 6.54 Å². The largest absolute Gasteiger partial charge is 0.508 e. The van der Waals surface area contributed by atoms with Crippen LogP contribution in [-0.2, 0) is 4.79 Å². The first-order valence-electron chi connectivity index (χ1n) is 5.58. The average Bonchev–Trinajstić information content (AvgIpc) is 2.90. The molecule has 1 aliphatic rings. The topological polar surface area (TPSA) is 85.5 Å². The van der Waals surface area contributed by atoms with Gasteiger partial charge in [-0.05, 0) is 23.8 Å². The molecule has 1 heterocycles. The summed E-state index contributed by atoms with van der Waals surface area (Å²) in [7, 11) is 0. The minimum atomic E-state index is -0.469. The van der Waals surface area contributed by atoms with E-state index >= 15 is 0 Å². The minimum absolute atomic E-state index is 0.000824. The Kier molecular flexibility index (Phi) is 4.21. The van der Waals surface area contributed by atoms with Crippen LogP contribution in [0.1, 0.15) is 5.56 Å². The zero-order valence-electron chi connectivity index (χ0n) is 9.96. The van der Waals surface area contributed by atoms with Crippen molar-refractivity contribution >= 4 is 28.9 Å². The number of phenolic OH excluding ortho intramolecular Hbond substituents is 1. The van der Waals surface area contributed by atoms with Crippen LogP contribution >= 0.6 is 11.8 Å². The molecule has 2 rings (SSSR count). The van der Waals surface area contributed by atoms with Gasteiger partial charge in [0.15, 0.2) is 5.17 Å². The molecule has 0 radical (unpaired) electrons. The number of hydrogen-bond acceptors (Lipinski definition) is 5. The molecule has 1 aliphatic heterocycles. The van der Waals surface area contributed by atoms with Crippen molar-refractivity contribution in [3.63, 3.8) is 0 Å². The molecule has 2 N–H and O–H groups in total. The first-order valence-corrected chi connectivity index (χ1v) is 6.57. The van der Waals surface area contributed by atoms with Crippen LogP contribution in [0.15, 0.2) is 34.8 Å². The van der Waals surface area contributed by atoms with Gasteiger partial charge in [0, 0.05) is 5.75 Å². The Morgan fingerprint density at radius 2 is 2.21 bits per heavy atom. The second kappa shape index (κ2) is 6.07. The predicted octanol–water partition coefficient (Wildman–Crippen LogP) is 1.52. The molecule has 0 saturated carbocycles. The minimum Gasteiger partial charge on any atom is -0.508 e. The van der Waals surface area contributed by atoms with E-state index in [1.54, 1.807) is 12.1 Å². The Labute approximate surface area is 114 Å². The first kappa shape index (κ1) is 13.2. The predicted molar refractivity (Wildman–Crippen MR) is 74.6 cm³/mol. The molecule has 96 valence electrons. The van der Waals surface area contributed by atoms with Crippen LogP contribution in [0, 0.1) is 11.3 Å². The summed E-state index contributed by atoms with van der Waals surface area (Å²) in [5.41, 5.74) is 0.673. The van der Waals surface area contributed by atoms with Crippen molar-refractivity contribution in [1.29, 1.82) is 5.26 Å². The highest BCUT2D eigenvalue weighted by molar-refractivity contribution is 8.14. The Bertz CT molecular complexity index is 585. The highest BCUT2D eigenvalue weighted by Gasteiger charge is 2.14. The number of amides is 1. The zero-order chi connectivity index (χ0) is 13.7. The van der Waals surface area contributed by atoms with Crippen LogP contribution in [0.3, 0.4) is 0 Å².